The van der Waals surface area contributed by atoms with Gasteiger partial charge in [0.15, 0.2) is 17.6 Å². The molecule has 3 aliphatic carbocycles. The molecule has 0 amide bonds. The van der Waals surface area contributed by atoms with Crippen LogP contribution in [-0.4, -0.2) is 44.8 Å². The highest BCUT2D eigenvalue weighted by Crippen LogP contribution is 2.68. The van der Waals surface area contributed by atoms with Gasteiger partial charge in [0.1, 0.15) is 0 Å². The Balaban J connectivity index is 1.32. The van der Waals surface area contributed by atoms with Gasteiger partial charge in [0.05, 0.1) is 16.7 Å². The predicted molar refractivity (Wildman–Crippen MR) is 133 cm³/mol. The van der Waals surface area contributed by atoms with E-state index >= 15 is 0 Å². The highest BCUT2D eigenvalue weighted by molar-refractivity contribution is 6.30. The van der Waals surface area contributed by atoms with Crippen LogP contribution in [0.15, 0.2) is 48.7 Å². The standard InChI is InChI=1S/C29H27ClN2O3/c30-21-6-3-17(4-7-21)20-11-19-13-29(34)23-12-18-5-8-22(33)26-24(18)28(29,27(35-26)25(19)31-14-20)9-10-32(23)15-16-1-2-16/h3-8,11,14,16,23,27,33-34H,1-2,9-10,12-13,15H2/t23?,27-,28?,29+/m0/s1. The van der Waals surface area contributed by atoms with E-state index in [2.05, 4.69) is 11.0 Å². The van der Waals surface area contributed by atoms with Gasteiger partial charge in [0.2, 0.25) is 0 Å². The maximum atomic E-state index is 12.8. The number of hydrogen-bond acceptors (Lipinski definition) is 5. The van der Waals surface area contributed by atoms with E-state index in [0.29, 0.717) is 17.2 Å². The van der Waals surface area contributed by atoms with Gasteiger partial charge in [-0.15, -0.1) is 0 Å². The summed E-state index contributed by atoms with van der Waals surface area (Å²) in [6.45, 7) is 2.00. The average Bonchev–Trinajstić information content (AvgIpc) is 3.59. The molecule has 2 N–H and O–H groups in total. The Morgan fingerprint density at radius 1 is 1.09 bits per heavy atom. The maximum Gasteiger partial charge on any atom is 0.166 e. The van der Waals surface area contributed by atoms with Gasteiger partial charge in [-0.1, -0.05) is 29.8 Å². The van der Waals surface area contributed by atoms with Gasteiger partial charge in [0, 0.05) is 41.4 Å². The minimum absolute atomic E-state index is 0.0262. The summed E-state index contributed by atoms with van der Waals surface area (Å²) < 4.78 is 6.58. The van der Waals surface area contributed by atoms with Crippen molar-refractivity contribution < 1.29 is 14.9 Å². The van der Waals surface area contributed by atoms with Crippen LogP contribution in [0.2, 0.25) is 5.02 Å². The number of aromatic nitrogens is 1. The number of aromatic hydroxyl groups is 1. The molecule has 6 heteroatoms. The van der Waals surface area contributed by atoms with E-state index in [1.54, 1.807) is 6.07 Å². The Labute approximate surface area is 209 Å². The molecule has 1 spiro atoms. The fourth-order valence-corrected chi connectivity index (χ4v) is 7.77. The molecule has 35 heavy (non-hydrogen) atoms. The van der Waals surface area contributed by atoms with Crippen LogP contribution in [0.5, 0.6) is 11.5 Å². The maximum absolute atomic E-state index is 12.8. The van der Waals surface area contributed by atoms with E-state index in [1.165, 1.54) is 18.4 Å². The number of rotatable bonds is 3. The van der Waals surface area contributed by atoms with Gasteiger partial charge in [-0.25, -0.2) is 0 Å². The van der Waals surface area contributed by atoms with E-state index in [-0.39, 0.29) is 11.8 Å². The number of phenolic OH excluding ortho intramolecular Hbond substituents is 1. The fraction of sp³-hybridized carbons (Fsp3) is 0.414. The highest BCUT2D eigenvalue weighted by atomic mass is 35.5. The number of likely N-dealkylation sites (tertiary alicyclic amines) is 1. The lowest BCUT2D eigenvalue weighted by Crippen LogP contribution is -2.74. The molecule has 1 saturated heterocycles. The van der Waals surface area contributed by atoms with Crippen molar-refractivity contribution in [2.75, 3.05) is 13.1 Å². The number of pyridine rings is 1. The summed E-state index contributed by atoms with van der Waals surface area (Å²) in [7, 11) is 0. The first kappa shape index (κ1) is 20.6. The summed E-state index contributed by atoms with van der Waals surface area (Å²) in [5, 5.41) is 24.3. The van der Waals surface area contributed by atoms with Crippen molar-refractivity contribution in [2.24, 2.45) is 5.92 Å². The second kappa shape index (κ2) is 6.78. The third-order valence-electron chi connectivity index (χ3n) is 9.40. The van der Waals surface area contributed by atoms with Gasteiger partial charge in [-0.3, -0.25) is 9.88 Å². The van der Waals surface area contributed by atoms with Crippen molar-refractivity contribution in [1.82, 2.24) is 9.88 Å². The molecule has 5 nitrogen and oxygen atoms in total. The number of piperidine rings is 1. The third-order valence-corrected chi connectivity index (χ3v) is 9.65. The minimum Gasteiger partial charge on any atom is -0.504 e. The van der Waals surface area contributed by atoms with Crippen LogP contribution < -0.4 is 4.74 Å². The molecule has 2 bridgehead atoms. The molecule has 2 aliphatic heterocycles. The number of ether oxygens (including phenoxy) is 1. The van der Waals surface area contributed by atoms with Crippen LogP contribution in [-0.2, 0) is 18.3 Å². The number of fused-ring (bicyclic) bond motifs is 2. The molecule has 1 aromatic heterocycles. The lowest BCUT2D eigenvalue weighted by Gasteiger charge is -2.63. The zero-order valence-corrected chi connectivity index (χ0v) is 20.1. The normalized spacial score (nSPS) is 32.1. The molecule has 8 rings (SSSR count). The van der Waals surface area contributed by atoms with Crippen LogP contribution in [0.3, 0.4) is 0 Å². The summed E-state index contributed by atoms with van der Waals surface area (Å²) in [5.74, 6) is 1.47. The monoisotopic (exact) mass is 486 g/mol. The molecule has 3 aromatic rings. The van der Waals surface area contributed by atoms with Gasteiger partial charge >= 0.3 is 0 Å². The molecule has 178 valence electrons. The van der Waals surface area contributed by atoms with Crippen molar-refractivity contribution in [2.45, 2.75) is 55.3 Å². The van der Waals surface area contributed by atoms with Crippen molar-refractivity contribution in [3.8, 4) is 22.6 Å². The first-order valence-electron chi connectivity index (χ1n) is 12.7. The Morgan fingerprint density at radius 3 is 2.71 bits per heavy atom. The van der Waals surface area contributed by atoms with E-state index in [1.807, 2.05) is 36.5 Å². The number of phenols is 1. The predicted octanol–water partition coefficient (Wildman–Crippen LogP) is 4.81. The SMILES string of the molecule is Oc1ccc2c3c1O[C@H]1c4ncc(-c5ccc(Cl)cc5)cc4C[C@@]4(O)C(C2)N(CC2CC2)CCC314. The lowest BCUT2D eigenvalue weighted by atomic mass is 9.49. The van der Waals surface area contributed by atoms with E-state index < -0.39 is 17.1 Å². The Hall–Kier alpha value is -2.60. The molecule has 3 heterocycles. The highest BCUT2D eigenvalue weighted by Gasteiger charge is 2.72. The quantitative estimate of drug-likeness (QED) is 0.556. The summed E-state index contributed by atoms with van der Waals surface area (Å²) >= 11 is 6.11. The lowest BCUT2D eigenvalue weighted by molar-refractivity contribution is -0.173. The minimum atomic E-state index is -0.982. The second-order valence-electron chi connectivity index (χ2n) is 11.2. The second-order valence-corrected chi connectivity index (χ2v) is 11.6. The van der Waals surface area contributed by atoms with Gasteiger partial charge in [-0.2, -0.15) is 0 Å². The number of aliphatic hydroxyl groups is 1. The molecular weight excluding hydrogens is 460 g/mol. The van der Waals surface area contributed by atoms with Crippen LogP contribution in [0.1, 0.15) is 47.8 Å². The summed E-state index contributed by atoms with van der Waals surface area (Å²) in [4.78, 5) is 7.50. The van der Waals surface area contributed by atoms with E-state index in [9.17, 15) is 10.2 Å². The molecule has 0 radical (unpaired) electrons. The van der Waals surface area contributed by atoms with Gasteiger partial charge in [-0.05, 0) is 79.1 Å². The number of nitrogens with zero attached hydrogens (tertiary/aromatic N) is 2. The van der Waals surface area contributed by atoms with E-state index in [4.69, 9.17) is 21.3 Å². The van der Waals surface area contributed by atoms with Crippen LogP contribution >= 0.6 is 11.6 Å². The molecule has 4 atom stereocenters. The van der Waals surface area contributed by atoms with Crippen LogP contribution in [0.25, 0.3) is 11.1 Å². The zero-order valence-electron chi connectivity index (χ0n) is 19.4. The zero-order chi connectivity index (χ0) is 23.5. The molecule has 2 aromatic carbocycles. The molecular formula is C29H27ClN2O3. The van der Waals surface area contributed by atoms with Crippen molar-refractivity contribution in [3.63, 3.8) is 0 Å². The average molecular weight is 487 g/mol. The van der Waals surface area contributed by atoms with Gasteiger partial charge < -0.3 is 14.9 Å². The first-order valence-corrected chi connectivity index (χ1v) is 13.1. The molecule has 5 aliphatic rings. The molecule has 1 saturated carbocycles. The number of hydrogen-bond donors (Lipinski definition) is 2. The summed E-state index contributed by atoms with van der Waals surface area (Å²) in [6.07, 6.45) is 6.22. The summed E-state index contributed by atoms with van der Waals surface area (Å²) in [5.41, 5.74) is 4.66. The Bertz CT molecular complexity index is 1390. The number of benzene rings is 2. The topological polar surface area (TPSA) is 65.8 Å². The van der Waals surface area contributed by atoms with Gasteiger partial charge in [0.25, 0.3) is 0 Å². The van der Waals surface area contributed by atoms with Crippen molar-refractivity contribution >= 4 is 11.6 Å². The largest absolute Gasteiger partial charge is 0.504 e. The van der Waals surface area contributed by atoms with Crippen LogP contribution in [0, 0.1) is 5.92 Å². The van der Waals surface area contributed by atoms with Crippen LogP contribution in [0.4, 0.5) is 0 Å². The van der Waals surface area contributed by atoms with Crippen molar-refractivity contribution in [1.29, 1.82) is 0 Å². The molecule has 2 unspecified atom stereocenters. The number of halogens is 1. The van der Waals surface area contributed by atoms with E-state index in [0.717, 1.165) is 59.8 Å². The van der Waals surface area contributed by atoms with Crippen molar-refractivity contribution in [3.05, 3.63) is 76.1 Å². The Kier molecular flexibility index (Phi) is 3.99. The summed E-state index contributed by atoms with van der Waals surface area (Å²) in [6, 6.07) is 13.8. The molecule has 2 fully saturated rings. The third kappa shape index (κ3) is 2.59. The smallest absolute Gasteiger partial charge is 0.166 e. The Morgan fingerprint density at radius 2 is 1.91 bits per heavy atom. The fourth-order valence-electron chi connectivity index (χ4n) is 7.64. The first-order chi connectivity index (χ1) is 17.0.